The lowest BCUT2D eigenvalue weighted by Crippen LogP contribution is -2.00. The van der Waals surface area contributed by atoms with Crippen LogP contribution in [0.3, 0.4) is 0 Å². The number of rotatable bonds is 4. The van der Waals surface area contributed by atoms with Crippen LogP contribution in [0.25, 0.3) is 10.8 Å². The average molecular weight is 234 g/mol. The van der Waals surface area contributed by atoms with Crippen molar-refractivity contribution in [2.24, 2.45) is 0 Å². The molecule has 0 radical (unpaired) electrons. The Morgan fingerprint density at radius 3 is 2.82 bits per heavy atom. The number of fused-ring (bicyclic) bond motifs is 1. The van der Waals surface area contributed by atoms with Crippen LogP contribution < -0.4 is 4.74 Å². The molecule has 0 fully saturated rings. The molecule has 0 amide bonds. The number of carbonyl (C=O) groups is 1. The van der Waals surface area contributed by atoms with E-state index in [0.717, 1.165) is 0 Å². The zero-order chi connectivity index (χ0) is 12.3. The fourth-order valence-corrected chi connectivity index (χ4v) is 1.70. The van der Waals surface area contributed by atoms with Crippen LogP contribution in [0.4, 0.5) is 4.39 Å². The summed E-state index contributed by atoms with van der Waals surface area (Å²) >= 11 is 0. The Morgan fingerprint density at radius 1 is 1.29 bits per heavy atom. The molecule has 0 saturated carbocycles. The molecule has 17 heavy (non-hydrogen) atoms. The lowest BCUT2D eigenvalue weighted by Gasteiger charge is -2.10. The zero-order valence-corrected chi connectivity index (χ0v) is 9.27. The van der Waals surface area contributed by atoms with Gasteiger partial charge in [0.25, 0.3) is 0 Å². The van der Waals surface area contributed by atoms with Gasteiger partial charge in [-0.3, -0.25) is 4.79 Å². The van der Waals surface area contributed by atoms with Crippen LogP contribution in [0.2, 0.25) is 0 Å². The molecule has 0 heterocycles. The maximum Gasteiger partial charge on any atom is 0.188 e. The number of methoxy groups -OCH3 is 1. The highest BCUT2D eigenvalue weighted by Gasteiger charge is 2.10. The van der Waals surface area contributed by atoms with Crippen molar-refractivity contribution in [2.75, 3.05) is 13.9 Å². The summed E-state index contributed by atoms with van der Waals surface area (Å²) in [5.74, 6) is 0.0550. The van der Waals surface area contributed by atoms with Crippen LogP contribution in [-0.2, 0) is 4.74 Å². The second-order valence-corrected chi connectivity index (χ2v) is 3.48. The topological polar surface area (TPSA) is 35.5 Å². The van der Waals surface area contributed by atoms with Crippen LogP contribution in [0.5, 0.6) is 5.75 Å². The molecule has 2 aromatic carbocycles. The molecule has 3 nitrogen and oxygen atoms in total. The molecule has 0 aliphatic rings. The second-order valence-electron chi connectivity index (χ2n) is 3.48. The second kappa shape index (κ2) is 4.93. The summed E-state index contributed by atoms with van der Waals surface area (Å²) in [6.07, 6.45) is 0.682. The number of aldehydes is 1. The summed E-state index contributed by atoms with van der Waals surface area (Å²) < 4.78 is 23.7. The fraction of sp³-hybridized carbons (Fsp3) is 0.154. The van der Waals surface area contributed by atoms with E-state index in [-0.39, 0.29) is 12.6 Å². The highest BCUT2D eigenvalue weighted by atomic mass is 19.1. The van der Waals surface area contributed by atoms with Crippen molar-refractivity contribution in [3.05, 3.63) is 41.7 Å². The van der Waals surface area contributed by atoms with E-state index in [9.17, 15) is 9.18 Å². The van der Waals surface area contributed by atoms with E-state index in [1.165, 1.54) is 19.2 Å². The van der Waals surface area contributed by atoms with Gasteiger partial charge in [0.2, 0.25) is 0 Å². The Balaban J connectivity index is 2.67. The molecule has 0 aromatic heterocycles. The van der Waals surface area contributed by atoms with Crippen molar-refractivity contribution in [3.8, 4) is 5.75 Å². The normalized spacial score (nSPS) is 10.5. The fourth-order valence-electron chi connectivity index (χ4n) is 1.70. The first kappa shape index (κ1) is 11.5. The van der Waals surface area contributed by atoms with Crippen molar-refractivity contribution in [1.82, 2.24) is 0 Å². The van der Waals surface area contributed by atoms with E-state index < -0.39 is 0 Å². The van der Waals surface area contributed by atoms with Crippen LogP contribution in [0.15, 0.2) is 30.3 Å². The minimum absolute atomic E-state index is 0.0495. The van der Waals surface area contributed by atoms with E-state index in [1.807, 2.05) is 0 Å². The molecule has 2 rings (SSSR count). The number of carbonyl (C=O) groups excluding carboxylic acids is 1. The number of hydrogen-bond acceptors (Lipinski definition) is 3. The molecule has 0 unspecified atom stereocenters. The van der Waals surface area contributed by atoms with Gasteiger partial charge in [0.1, 0.15) is 11.6 Å². The Labute approximate surface area is 97.8 Å². The zero-order valence-electron chi connectivity index (χ0n) is 9.27. The molecule has 0 N–H and O–H groups in total. The van der Waals surface area contributed by atoms with Gasteiger partial charge in [0.05, 0.1) is 0 Å². The summed E-state index contributed by atoms with van der Waals surface area (Å²) in [4.78, 5) is 10.9. The number of hydrogen-bond donors (Lipinski definition) is 0. The largest absolute Gasteiger partial charge is 0.467 e. The summed E-state index contributed by atoms with van der Waals surface area (Å²) in [5.41, 5.74) is 0.396. The van der Waals surface area contributed by atoms with E-state index in [0.29, 0.717) is 28.4 Å². The Bertz CT molecular complexity index is 552. The van der Waals surface area contributed by atoms with Crippen LogP contribution >= 0.6 is 0 Å². The van der Waals surface area contributed by atoms with E-state index in [4.69, 9.17) is 9.47 Å². The molecule has 0 atom stereocenters. The first-order chi connectivity index (χ1) is 8.27. The van der Waals surface area contributed by atoms with Gasteiger partial charge in [-0.25, -0.2) is 4.39 Å². The third kappa shape index (κ3) is 2.12. The van der Waals surface area contributed by atoms with Crippen LogP contribution in [-0.4, -0.2) is 20.2 Å². The predicted molar refractivity (Wildman–Crippen MR) is 61.8 cm³/mol. The molecular weight excluding hydrogens is 223 g/mol. The summed E-state index contributed by atoms with van der Waals surface area (Å²) in [5, 5.41) is 0.836. The first-order valence-electron chi connectivity index (χ1n) is 5.06. The van der Waals surface area contributed by atoms with Crippen molar-refractivity contribution < 1.29 is 18.7 Å². The van der Waals surface area contributed by atoms with Crippen molar-refractivity contribution in [3.63, 3.8) is 0 Å². The Hall–Kier alpha value is -1.94. The van der Waals surface area contributed by atoms with Crippen molar-refractivity contribution in [2.45, 2.75) is 0 Å². The van der Waals surface area contributed by atoms with E-state index in [2.05, 4.69) is 0 Å². The van der Waals surface area contributed by atoms with Crippen LogP contribution in [0, 0.1) is 5.82 Å². The Kier molecular flexibility index (Phi) is 3.35. The van der Waals surface area contributed by atoms with Gasteiger partial charge in [-0.1, -0.05) is 12.1 Å². The lowest BCUT2D eigenvalue weighted by molar-refractivity contribution is 0.0522. The number of halogens is 1. The van der Waals surface area contributed by atoms with Crippen LogP contribution in [0.1, 0.15) is 10.4 Å². The van der Waals surface area contributed by atoms with Gasteiger partial charge < -0.3 is 9.47 Å². The Morgan fingerprint density at radius 2 is 2.12 bits per heavy atom. The van der Waals surface area contributed by atoms with E-state index >= 15 is 0 Å². The number of benzene rings is 2. The monoisotopic (exact) mass is 234 g/mol. The first-order valence-corrected chi connectivity index (χ1v) is 5.06. The highest BCUT2D eigenvalue weighted by molar-refractivity contribution is 6.01. The maximum absolute atomic E-state index is 13.6. The molecule has 88 valence electrons. The molecule has 0 aliphatic carbocycles. The predicted octanol–water partition coefficient (Wildman–Crippen LogP) is 2.77. The lowest BCUT2D eigenvalue weighted by atomic mass is 10.0. The molecule has 0 spiro atoms. The summed E-state index contributed by atoms with van der Waals surface area (Å²) in [6, 6.07) is 7.66. The number of ether oxygens (including phenoxy) is 2. The maximum atomic E-state index is 13.6. The third-order valence-electron chi connectivity index (χ3n) is 2.44. The third-order valence-corrected chi connectivity index (χ3v) is 2.44. The summed E-state index contributed by atoms with van der Waals surface area (Å²) in [7, 11) is 1.49. The average Bonchev–Trinajstić information content (AvgIpc) is 2.37. The molecule has 4 heteroatoms. The highest BCUT2D eigenvalue weighted by Crippen LogP contribution is 2.30. The minimum atomic E-state index is -0.381. The van der Waals surface area contributed by atoms with Gasteiger partial charge in [-0.05, 0) is 18.2 Å². The van der Waals surface area contributed by atoms with Gasteiger partial charge >= 0.3 is 0 Å². The molecule has 0 aliphatic heterocycles. The molecular formula is C13H11FO3. The van der Waals surface area contributed by atoms with Crippen molar-refractivity contribution >= 4 is 17.1 Å². The van der Waals surface area contributed by atoms with E-state index in [1.54, 1.807) is 18.2 Å². The summed E-state index contributed by atoms with van der Waals surface area (Å²) in [6.45, 7) is 0.0495. The smallest absolute Gasteiger partial charge is 0.188 e. The van der Waals surface area contributed by atoms with Gasteiger partial charge in [-0.15, -0.1) is 0 Å². The van der Waals surface area contributed by atoms with Crippen molar-refractivity contribution in [1.29, 1.82) is 0 Å². The van der Waals surface area contributed by atoms with Gasteiger partial charge in [-0.2, -0.15) is 0 Å². The minimum Gasteiger partial charge on any atom is -0.467 e. The quantitative estimate of drug-likeness (QED) is 0.602. The standard InChI is InChI=1S/C13H11FO3/c1-16-8-17-12-4-2-3-10-11(14)6-5-9(7-15)13(10)12/h2-7H,8H2,1H3. The molecule has 0 bridgehead atoms. The van der Waals surface area contributed by atoms with Gasteiger partial charge in [0.15, 0.2) is 13.1 Å². The van der Waals surface area contributed by atoms with Gasteiger partial charge in [0, 0.05) is 23.4 Å². The molecule has 2 aromatic rings. The molecule has 0 saturated heterocycles. The SMILES string of the molecule is COCOc1cccc2c(F)ccc(C=O)c12.